The predicted molar refractivity (Wildman–Crippen MR) is 99.2 cm³/mol. The number of aliphatic hydroxyl groups is 1. The van der Waals surface area contributed by atoms with Crippen LogP contribution in [-0.2, 0) is 11.3 Å². The number of nitrogens with zero attached hydrogens (tertiary/aromatic N) is 1. The van der Waals surface area contributed by atoms with Crippen LogP contribution in [0.2, 0.25) is 5.02 Å². The monoisotopic (exact) mass is 365 g/mol. The van der Waals surface area contributed by atoms with Gasteiger partial charge in [-0.05, 0) is 43.7 Å². The van der Waals surface area contributed by atoms with Crippen LogP contribution >= 0.6 is 11.6 Å². The second kappa shape index (κ2) is 8.49. The third kappa shape index (κ3) is 4.94. The minimum atomic E-state index is -0.554. The highest BCUT2D eigenvalue weighted by molar-refractivity contribution is 6.31. The first kappa shape index (κ1) is 18.6. The smallest absolute Gasteiger partial charge is 0.223 e. The Morgan fingerprint density at radius 1 is 1.24 bits per heavy atom. The lowest BCUT2D eigenvalue weighted by Crippen LogP contribution is -2.49. The van der Waals surface area contributed by atoms with Gasteiger partial charge in [-0.15, -0.1) is 0 Å². The van der Waals surface area contributed by atoms with E-state index in [1.807, 2.05) is 18.2 Å². The van der Waals surface area contributed by atoms with Crippen molar-refractivity contribution in [1.29, 1.82) is 0 Å². The molecule has 25 heavy (non-hydrogen) atoms. The molecule has 3 rings (SSSR count). The van der Waals surface area contributed by atoms with Gasteiger partial charge >= 0.3 is 0 Å². The second-order valence-electron chi connectivity index (χ2n) is 7.39. The highest BCUT2D eigenvalue weighted by atomic mass is 35.5. The number of carbonyl (C=O) groups is 1. The fourth-order valence-electron chi connectivity index (χ4n) is 3.83. The number of hydrogen-bond donors (Lipinski definition) is 3. The number of piperidine rings is 1. The number of halogens is 1. The highest BCUT2D eigenvalue weighted by Crippen LogP contribution is 2.25. The molecule has 0 aromatic heterocycles. The van der Waals surface area contributed by atoms with E-state index >= 15 is 0 Å². The maximum Gasteiger partial charge on any atom is 0.223 e. The Kier molecular flexibility index (Phi) is 6.34. The van der Waals surface area contributed by atoms with Crippen molar-refractivity contribution in [2.75, 3.05) is 13.1 Å². The lowest BCUT2D eigenvalue weighted by atomic mass is 9.83. The molecule has 0 radical (unpaired) electrons. The normalized spacial score (nSPS) is 28.7. The van der Waals surface area contributed by atoms with Crippen molar-refractivity contribution in [3.8, 4) is 0 Å². The largest absolute Gasteiger partial charge is 0.391 e. The van der Waals surface area contributed by atoms with Gasteiger partial charge in [0, 0.05) is 42.7 Å². The van der Waals surface area contributed by atoms with Gasteiger partial charge in [-0.25, -0.2) is 0 Å². The maximum atomic E-state index is 12.4. The number of hydrogen-bond acceptors (Lipinski definition) is 4. The van der Waals surface area contributed by atoms with Crippen LogP contribution in [0, 0.1) is 5.92 Å². The average molecular weight is 366 g/mol. The fraction of sp³-hybridized carbons (Fsp3) is 0.632. The van der Waals surface area contributed by atoms with Crippen molar-refractivity contribution in [2.45, 2.75) is 56.8 Å². The molecule has 0 spiro atoms. The standard InChI is InChI=1S/C19H28ClN3O2/c20-16-4-2-1-3-14(16)12-23-9-7-15(8-10-23)22-19(25)13-5-6-17(21)18(24)11-13/h1-4,13,15,17-18,24H,5-12,21H2,(H,22,25)/t13-,17+,18+/m0/s1. The molecule has 1 heterocycles. The Hall–Kier alpha value is -1.14. The molecule has 1 saturated heterocycles. The first-order valence-corrected chi connectivity index (χ1v) is 9.60. The summed E-state index contributed by atoms with van der Waals surface area (Å²) in [7, 11) is 0. The third-order valence-corrected chi connectivity index (χ3v) is 5.89. The molecule has 0 unspecified atom stereocenters. The Bertz CT molecular complexity index is 590. The van der Waals surface area contributed by atoms with E-state index in [2.05, 4.69) is 16.3 Å². The maximum absolute atomic E-state index is 12.4. The van der Waals surface area contributed by atoms with Gasteiger partial charge < -0.3 is 16.2 Å². The molecule has 1 amide bonds. The Labute approximate surface area is 154 Å². The number of aliphatic hydroxyl groups excluding tert-OH is 1. The molecule has 0 bridgehead atoms. The summed E-state index contributed by atoms with van der Waals surface area (Å²) in [6, 6.07) is 7.99. The molecule has 1 aliphatic carbocycles. The van der Waals surface area contributed by atoms with E-state index < -0.39 is 6.10 Å². The number of nitrogens with two attached hydrogens (primary N) is 1. The van der Waals surface area contributed by atoms with Crippen LogP contribution in [0.3, 0.4) is 0 Å². The lowest BCUT2D eigenvalue weighted by Gasteiger charge is -2.35. The Balaban J connectivity index is 1.43. The van der Waals surface area contributed by atoms with Gasteiger partial charge in [0.25, 0.3) is 0 Å². The van der Waals surface area contributed by atoms with Crippen molar-refractivity contribution >= 4 is 17.5 Å². The molecular weight excluding hydrogens is 338 g/mol. The molecule has 1 aliphatic heterocycles. The van der Waals surface area contributed by atoms with Crippen LogP contribution in [-0.4, -0.2) is 47.2 Å². The van der Waals surface area contributed by atoms with E-state index in [9.17, 15) is 9.90 Å². The lowest BCUT2D eigenvalue weighted by molar-refractivity contribution is -0.128. The van der Waals surface area contributed by atoms with Crippen LogP contribution in [0.25, 0.3) is 0 Å². The number of likely N-dealkylation sites (tertiary alicyclic amines) is 1. The summed E-state index contributed by atoms with van der Waals surface area (Å²) in [5.41, 5.74) is 6.97. The molecule has 2 aliphatic rings. The predicted octanol–water partition coefficient (Wildman–Crippen LogP) is 1.91. The van der Waals surface area contributed by atoms with Crippen molar-refractivity contribution in [1.82, 2.24) is 10.2 Å². The van der Waals surface area contributed by atoms with E-state index in [-0.39, 0.29) is 23.9 Å². The van der Waals surface area contributed by atoms with Crippen LogP contribution in [0.5, 0.6) is 0 Å². The zero-order valence-corrected chi connectivity index (χ0v) is 15.3. The van der Waals surface area contributed by atoms with Gasteiger partial charge in [0.2, 0.25) is 5.91 Å². The molecule has 1 saturated carbocycles. The van der Waals surface area contributed by atoms with Gasteiger partial charge in [-0.2, -0.15) is 0 Å². The Morgan fingerprint density at radius 2 is 1.96 bits per heavy atom. The average Bonchev–Trinajstić information content (AvgIpc) is 2.61. The summed E-state index contributed by atoms with van der Waals surface area (Å²) in [5, 5.41) is 13.9. The summed E-state index contributed by atoms with van der Waals surface area (Å²) >= 11 is 6.24. The van der Waals surface area contributed by atoms with E-state index in [0.717, 1.165) is 55.9 Å². The summed E-state index contributed by atoms with van der Waals surface area (Å²) in [6.07, 6.45) is 3.32. The molecule has 3 atom stereocenters. The third-order valence-electron chi connectivity index (χ3n) is 5.53. The minimum Gasteiger partial charge on any atom is -0.391 e. The summed E-state index contributed by atoms with van der Waals surface area (Å²) < 4.78 is 0. The van der Waals surface area contributed by atoms with E-state index in [1.165, 1.54) is 0 Å². The number of amides is 1. The number of rotatable bonds is 4. The van der Waals surface area contributed by atoms with Crippen molar-refractivity contribution in [2.24, 2.45) is 11.7 Å². The number of nitrogens with one attached hydrogen (secondary N) is 1. The van der Waals surface area contributed by atoms with Crippen LogP contribution in [0.15, 0.2) is 24.3 Å². The quantitative estimate of drug-likeness (QED) is 0.761. The van der Waals surface area contributed by atoms with Gasteiger partial charge in [-0.3, -0.25) is 9.69 Å². The minimum absolute atomic E-state index is 0.0792. The summed E-state index contributed by atoms with van der Waals surface area (Å²) in [6.45, 7) is 2.76. The highest BCUT2D eigenvalue weighted by Gasteiger charge is 2.32. The van der Waals surface area contributed by atoms with Gasteiger partial charge in [0.05, 0.1) is 6.10 Å². The fourth-order valence-corrected chi connectivity index (χ4v) is 4.03. The molecule has 5 nitrogen and oxygen atoms in total. The first-order chi connectivity index (χ1) is 12.0. The van der Waals surface area contributed by atoms with Crippen LogP contribution in [0.1, 0.15) is 37.7 Å². The molecular formula is C19H28ClN3O2. The molecule has 6 heteroatoms. The molecule has 138 valence electrons. The van der Waals surface area contributed by atoms with E-state index in [0.29, 0.717) is 6.42 Å². The SMILES string of the molecule is N[C@@H]1CC[C@H](C(=O)NC2CCN(Cc3ccccc3Cl)CC2)C[C@H]1O. The molecule has 1 aromatic carbocycles. The summed E-state index contributed by atoms with van der Waals surface area (Å²) in [4.78, 5) is 14.8. The number of benzene rings is 1. The molecule has 4 N–H and O–H groups in total. The van der Waals surface area contributed by atoms with Gasteiger partial charge in [-0.1, -0.05) is 29.8 Å². The molecule has 2 fully saturated rings. The van der Waals surface area contributed by atoms with E-state index in [4.69, 9.17) is 17.3 Å². The van der Waals surface area contributed by atoms with Crippen LogP contribution < -0.4 is 11.1 Å². The summed E-state index contributed by atoms with van der Waals surface area (Å²) in [5.74, 6) is -0.0218. The Morgan fingerprint density at radius 3 is 2.64 bits per heavy atom. The second-order valence-corrected chi connectivity index (χ2v) is 7.80. The zero-order chi connectivity index (χ0) is 17.8. The zero-order valence-electron chi connectivity index (χ0n) is 14.5. The first-order valence-electron chi connectivity index (χ1n) is 9.22. The van der Waals surface area contributed by atoms with Crippen molar-refractivity contribution < 1.29 is 9.90 Å². The van der Waals surface area contributed by atoms with Gasteiger partial charge in [0.1, 0.15) is 0 Å². The van der Waals surface area contributed by atoms with Crippen molar-refractivity contribution in [3.05, 3.63) is 34.9 Å². The van der Waals surface area contributed by atoms with Crippen LogP contribution in [0.4, 0.5) is 0 Å². The topological polar surface area (TPSA) is 78.6 Å². The number of carbonyl (C=O) groups excluding carboxylic acids is 1. The van der Waals surface area contributed by atoms with Crippen molar-refractivity contribution in [3.63, 3.8) is 0 Å². The van der Waals surface area contributed by atoms with E-state index in [1.54, 1.807) is 0 Å². The van der Waals surface area contributed by atoms with Gasteiger partial charge in [0.15, 0.2) is 0 Å². The molecule has 1 aromatic rings.